The van der Waals surface area contributed by atoms with Crippen LogP contribution in [-0.2, 0) is 11.8 Å². The van der Waals surface area contributed by atoms with Gasteiger partial charge in [-0.05, 0) is 60.5 Å². The molecule has 0 bridgehead atoms. The molecule has 33 heavy (non-hydrogen) atoms. The zero-order chi connectivity index (χ0) is 23.9. The number of aryl methyl sites for hydroxylation is 1. The van der Waals surface area contributed by atoms with Crippen molar-refractivity contribution in [2.75, 3.05) is 53.9 Å². The van der Waals surface area contributed by atoms with Gasteiger partial charge < -0.3 is 24.8 Å². The van der Waals surface area contributed by atoms with Crippen molar-refractivity contribution in [2.24, 2.45) is 18.0 Å². The number of likely N-dealkylation sites (N-methyl/N-ethyl adjacent to an activating group) is 1. The predicted octanol–water partition coefficient (Wildman–Crippen LogP) is 3.19. The number of ether oxygens (including phenoxy) is 1. The van der Waals surface area contributed by atoms with E-state index in [9.17, 15) is 4.79 Å². The average Bonchev–Trinajstić information content (AvgIpc) is 3.14. The van der Waals surface area contributed by atoms with E-state index in [0.29, 0.717) is 12.5 Å². The van der Waals surface area contributed by atoms with Crippen LogP contribution >= 0.6 is 24.0 Å². The summed E-state index contributed by atoms with van der Waals surface area (Å²) in [5.41, 5.74) is 0.715. The second kappa shape index (κ2) is 13.4. The third-order valence-electron chi connectivity index (χ3n) is 5.82. The molecule has 10 heteroatoms. The van der Waals surface area contributed by atoms with E-state index in [1.165, 1.54) is 5.56 Å². The maximum absolute atomic E-state index is 12.5. The van der Waals surface area contributed by atoms with Gasteiger partial charge >= 0.3 is 6.09 Å². The van der Waals surface area contributed by atoms with Gasteiger partial charge in [-0.25, -0.2) is 4.79 Å². The highest BCUT2D eigenvalue weighted by molar-refractivity contribution is 14.0. The number of guanidine groups is 1. The largest absolute Gasteiger partial charge is 0.444 e. The molecular weight excluding hydrogens is 533 g/mol. The minimum atomic E-state index is -0.466. The number of amides is 1. The highest BCUT2D eigenvalue weighted by Crippen LogP contribution is 2.21. The smallest absolute Gasteiger partial charge is 0.410 e. The molecule has 1 atom stereocenters. The Labute approximate surface area is 216 Å². The van der Waals surface area contributed by atoms with Crippen LogP contribution in [0.2, 0.25) is 0 Å². The SMILES string of the molecule is CCN(CC1CCN(C(=NC)NCC(c2cnn(C)c2)N(C)C)CC1)C(=O)OC(C)(C)C.I. The van der Waals surface area contributed by atoms with Crippen molar-refractivity contribution in [1.82, 2.24) is 29.8 Å². The fraction of sp³-hybridized carbons (Fsp3) is 0.783. The number of hydrogen-bond acceptors (Lipinski definition) is 5. The van der Waals surface area contributed by atoms with Gasteiger partial charge in [0.15, 0.2) is 5.96 Å². The molecule has 1 N–H and O–H groups in total. The Hall–Kier alpha value is -1.56. The second-order valence-electron chi connectivity index (χ2n) is 9.80. The fourth-order valence-electron chi connectivity index (χ4n) is 4.03. The van der Waals surface area contributed by atoms with E-state index in [-0.39, 0.29) is 36.1 Å². The van der Waals surface area contributed by atoms with Crippen LogP contribution < -0.4 is 5.32 Å². The highest BCUT2D eigenvalue weighted by atomic mass is 127. The first kappa shape index (κ1) is 29.5. The molecule has 0 spiro atoms. The van der Waals surface area contributed by atoms with Crippen LogP contribution in [0.3, 0.4) is 0 Å². The van der Waals surface area contributed by atoms with Crippen LogP contribution in [0.25, 0.3) is 0 Å². The quantitative estimate of drug-likeness (QED) is 0.305. The molecule has 1 saturated heterocycles. The monoisotopic (exact) mass is 577 g/mol. The maximum Gasteiger partial charge on any atom is 0.410 e. The molecule has 1 aliphatic rings. The van der Waals surface area contributed by atoms with Crippen molar-refractivity contribution in [3.8, 4) is 0 Å². The average molecular weight is 578 g/mol. The Morgan fingerprint density at radius 2 is 1.97 bits per heavy atom. The lowest BCUT2D eigenvalue weighted by Crippen LogP contribution is -2.49. The van der Waals surface area contributed by atoms with Crippen molar-refractivity contribution in [3.63, 3.8) is 0 Å². The van der Waals surface area contributed by atoms with Gasteiger partial charge in [0.05, 0.1) is 12.2 Å². The second-order valence-corrected chi connectivity index (χ2v) is 9.80. The van der Waals surface area contributed by atoms with Gasteiger partial charge in [-0.3, -0.25) is 9.67 Å². The van der Waals surface area contributed by atoms with Crippen molar-refractivity contribution < 1.29 is 9.53 Å². The van der Waals surface area contributed by atoms with Gasteiger partial charge in [0.2, 0.25) is 0 Å². The first-order valence-electron chi connectivity index (χ1n) is 11.6. The lowest BCUT2D eigenvalue weighted by Gasteiger charge is -2.37. The fourth-order valence-corrected chi connectivity index (χ4v) is 4.03. The zero-order valence-electron chi connectivity index (χ0n) is 21.7. The van der Waals surface area contributed by atoms with Crippen LogP contribution in [0.5, 0.6) is 0 Å². The number of aromatic nitrogens is 2. The molecule has 0 aromatic carbocycles. The summed E-state index contributed by atoms with van der Waals surface area (Å²) in [5.74, 6) is 1.40. The first-order chi connectivity index (χ1) is 15.0. The van der Waals surface area contributed by atoms with Crippen LogP contribution in [0.15, 0.2) is 17.4 Å². The van der Waals surface area contributed by atoms with Crippen molar-refractivity contribution in [3.05, 3.63) is 18.0 Å². The molecule has 2 heterocycles. The molecule has 1 unspecified atom stereocenters. The molecule has 190 valence electrons. The Morgan fingerprint density at radius 3 is 2.42 bits per heavy atom. The topological polar surface area (TPSA) is 78.2 Å². The molecule has 0 radical (unpaired) electrons. The van der Waals surface area contributed by atoms with E-state index in [2.05, 4.69) is 45.5 Å². The van der Waals surface area contributed by atoms with E-state index in [1.807, 2.05) is 57.6 Å². The number of hydrogen-bond donors (Lipinski definition) is 1. The lowest BCUT2D eigenvalue weighted by molar-refractivity contribution is 0.0214. The molecule has 0 aliphatic carbocycles. The molecule has 9 nitrogen and oxygen atoms in total. The number of carbonyl (C=O) groups excluding carboxylic acids is 1. The Bertz CT molecular complexity index is 752. The Balaban J connectivity index is 0.00000544. The number of aliphatic imine (C=N–C) groups is 1. The van der Waals surface area contributed by atoms with Crippen LogP contribution in [0.1, 0.15) is 52.1 Å². The number of likely N-dealkylation sites (tertiary alicyclic amines) is 1. The third kappa shape index (κ3) is 9.30. The first-order valence-corrected chi connectivity index (χ1v) is 11.6. The van der Waals surface area contributed by atoms with Crippen molar-refractivity contribution in [1.29, 1.82) is 0 Å². The summed E-state index contributed by atoms with van der Waals surface area (Å²) in [5, 5.41) is 7.86. The van der Waals surface area contributed by atoms with Gasteiger partial charge in [0.25, 0.3) is 0 Å². The van der Waals surface area contributed by atoms with E-state index in [1.54, 1.807) is 0 Å². The minimum absolute atomic E-state index is 0. The van der Waals surface area contributed by atoms with Gasteiger partial charge in [0, 0.05) is 58.6 Å². The van der Waals surface area contributed by atoms with Crippen LogP contribution in [0, 0.1) is 5.92 Å². The van der Waals surface area contributed by atoms with Gasteiger partial charge in [-0.15, -0.1) is 24.0 Å². The maximum atomic E-state index is 12.5. The van der Waals surface area contributed by atoms with Gasteiger partial charge in [-0.2, -0.15) is 5.10 Å². The number of nitrogens with one attached hydrogen (secondary N) is 1. The Kier molecular flexibility index (Phi) is 11.9. The number of nitrogens with zero attached hydrogens (tertiary/aromatic N) is 6. The Morgan fingerprint density at radius 1 is 1.33 bits per heavy atom. The predicted molar refractivity (Wildman–Crippen MR) is 144 cm³/mol. The molecule has 1 aromatic rings. The molecule has 1 aliphatic heterocycles. The summed E-state index contributed by atoms with van der Waals surface area (Å²) in [7, 11) is 7.94. The molecule has 0 saturated carbocycles. The number of rotatable bonds is 7. The molecule has 1 aromatic heterocycles. The summed E-state index contributed by atoms with van der Waals surface area (Å²) >= 11 is 0. The van der Waals surface area contributed by atoms with Gasteiger partial charge in [0.1, 0.15) is 5.60 Å². The van der Waals surface area contributed by atoms with Crippen molar-refractivity contribution >= 4 is 36.0 Å². The molecule has 1 fully saturated rings. The molecule has 1 amide bonds. The summed E-state index contributed by atoms with van der Waals surface area (Å²) in [6.07, 6.45) is 5.82. The summed E-state index contributed by atoms with van der Waals surface area (Å²) in [6.45, 7) is 11.8. The van der Waals surface area contributed by atoms with E-state index < -0.39 is 5.60 Å². The normalized spacial score (nSPS) is 16.4. The summed E-state index contributed by atoms with van der Waals surface area (Å²) < 4.78 is 7.39. The van der Waals surface area contributed by atoms with Crippen molar-refractivity contribution in [2.45, 2.75) is 52.2 Å². The van der Waals surface area contributed by atoms with E-state index >= 15 is 0 Å². The summed E-state index contributed by atoms with van der Waals surface area (Å²) in [6, 6.07) is 0.213. The molecule has 2 rings (SSSR count). The minimum Gasteiger partial charge on any atom is -0.444 e. The van der Waals surface area contributed by atoms with Crippen LogP contribution in [-0.4, -0.2) is 96.0 Å². The number of piperidine rings is 1. The van der Waals surface area contributed by atoms with Gasteiger partial charge in [-0.1, -0.05) is 0 Å². The third-order valence-corrected chi connectivity index (χ3v) is 5.82. The van der Waals surface area contributed by atoms with Crippen LogP contribution in [0.4, 0.5) is 4.79 Å². The molecular formula is C23H44IN7O2. The van der Waals surface area contributed by atoms with E-state index in [4.69, 9.17) is 4.74 Å². The summed E-state index contributed by atoms with van der Waals surface area (Å²) in [4.78, 5) is 23.3. The lowest BCUT2D eigenvalue weighted by atomic mass is 9.96. The standard InChI is InChI=1S/C23H43N7O2.HI/c1-9-29(22(31)32-23(2,3)4)16-18-10-12-30(13-11-18)21(24-5)25-15-20(27(6)7)19-14-26-28(8)17-19;/h14,17-18,20H,9-13,15-16H2,1-8H3,(H,24,25);1H. The zero-order valence-corrected chi connectivity index (χ0v) is 24.0. The van der Waals surface area contributed by atoms with E-state index in [0.717, 1.165) is 45.0 Å². The number of carbonyl (C=O) groups is 1. The number of halogens is 1. The highest BCUT2D eigenvalue weighted by Gasteiger charge is 2.27.